The lowest BCUT2D eigenvalue weighted by molar-refractivity contribution is 0.335. The molecular weight excluding hydrogens is 410 g/mol. The number of aromatic amines is 1. The van der Waals surface area contributed by atoms with Crippen molar-refractivity contribution in [3.8, 4) is 17.2 Å². The number of hydrogen-bond donors (Lipinski definition) is 2. The first-order valence-electron chi connectivity index (χ1n) is 10.3. The van der Waals surface area contributed by atoms with Gasteiger partial charge < -0.3 is 29.4 Å². The summed E-state index contributed by atoms with van der Waals surface area (Å²) in [5.74, 6) is 1.61. The largest absolute Gasteiger partial charge is 0.504 e. The number of likely N-dealkylation sites (N-methyl/N-ethyl adjacent to an activating group) is 1. The highest BCUT2D eigenvalue weighted by Crippen LogP contribution is 2.40. The van der Waals surface area contributed by atoms with Crippen LogP contribution in [0.15, 0.2) is 40.1 Å². The van der Waals surface area contributed by atoms with Crippen molar-refractivity contribution in [2.24, 2.45) is 4.99 Å². The number of aromatic hydroxyl groups is 1. The Balaban J connectivity index is 1.61. The van der Waals surface area contributed by atoms with Gasteiger partial charge in [0.2, 0.25) is 11.7 Å². The van der Waals surface area contributed by atoms with E-state index < -0.39 is 5.56 Å². The number of methoxy groups -OCH3 is 2. The Kier molecular flexibility index (Phi) is 5.89. The van der Waals surface area contributed by atoms with Gasteiger partial charge in [0, 0.05) is 39.7 Å². The van der Waals surface area contributed by atoms with E-state index in [-0.39, 0.29) is 16.9 Å². The van der Waals surface area contributed by atoms with Crippen molar-refractivity contribution in [2.45, 2.75) is 13.0 Å². The first-order chi connectivity index (χ1) is 15.4. The Morgan fingerprint density at radius 1 is 1.22 bits per heavy atom. The van der Waals surface area contributed by atoms with Gasteiger partial charge in [-0.15, -0.1) is 0 Å². The number of amidine groups is 1. The number of aromatic nitrogens is 2. The van der Waals surface area contributed by atoms with Crippen LogP contribution in [0.3, 0.4) is 0 Å². The number of H-pyrrole nitrogens is 1. The van der Waals surface area contributed by atoms with Gasteiger partial charge in [-0.2, -0.15) is 4.98 Å². The maximum atomic E-state index is 12.7. The average Bonchev–Trinajstić information content (AvgIpc) is 3.17. The molecule has 9 heteroatoms. The van der Waals surface area contributed by atoms with Crippen molar-refractivity contribution in [3.05, 3.63) is 51.8 Å². The molecule has 0 spiro atoms. The fourth-order valence-corrected chi connectivity index (χ4v) is 3.91. The number of nitrogens with zero attached hydrogens (tertiary/aromatic N) is 4. The minimum absolute atomic E-state index is 0.0586. The normalized spacial score (nSPS) is 13.4. The lowest BCUT2D eigenvalue weighted by atomic mass is 10.1. The summed E-state index contributed by atoms with van der Waals surface area (Å²) in [6.07, 6.45) is 0.792. The monoisotopic (exact) mass is 437 g/mol. The summed E-state index contributed by atoms with van der Waals surface area (Å²) >= 11 is 0. The summed E-state index contributed by atoms with van der Waals surface area (Å²) in [6.45, 7) is 2.36. The molecule has 1 aliphatic rings. The number of phenolic OH excluding ortho intramolecular Hbond substituents is 1. The van der Waals surface area contributed by atoms with Crippen molar-refractivity contribution >= 4 is 22.7 Å². The quantitative estimate of drug-likeness (QED) is 0.584. The molecule has 3 aromatic rings. The molecule has 2 N–H and O–H groups in total. The zero-order valence-corrected chi connectivity index (χ0v) is 18.7. The Hall–Kier alpha value is -3.75. The summed E-state index contributed by atoms with van der Waals surface area (Å²) in [6, 6.07) is 9.92. The molecule has 0 atom stereocenters. The minimum Gasteiger partial charge on any atom is -0.504 e. The molecule has 0 aliphatic carbocycles. The van der Waals surface area contributed by atoms with Gasteiger partial charge in [0.25, 0.3) is 5.56 Å². The second-order valence-electron chi connectivity index (χ2n) is 7.82. The van der Waals surface area contributed by atoms with Crippen molar-refractivity contribution < 1.29 is 14.6 Å². The lowest BCUT2D eigenvalue weighted by Crippen LogP contribution is -2.24. The molecule has 0 radical (unpaired) electrons. The van der Waals surface area contributed by atoms with E-state index in [2.05, 4.69) is 39.0 Å². The van der Waals surface area contributed by atoms with E-state index in [1.165, 1.54) is 19.8 Å². The third kappa shape index (κ3) is 4.05. The van der Waals surface area contributed by atoms with Gasteiger partial charge in [0.05, 0.1) is 26.3 Å². The second-order valence-corrected chi connectivity index (χ2v) is 7.82. The summed E-state index contributed by atoms with van der Waals surface area (Å²) in [5, 5.41) is 10.5. The molecule has 0 fully saturated rings. The Bertz CT molecular complexity index is 1240. The average molecular weight is 438 g/mol. The van der Waals surface area contributed by atoms with E-state index in [9.17, 15) is 9.90 Å². The third-order valence-corrected chi connectivity index (χ3v) is 5.62. The number of benzene rings is 2. The molecule has 0 unspecified atom stereocenters. The standard InChI is InChI=1S/C23H27N5O4/c1-27-9-8-24-18(27)11-14-6-5-7-15(10-14)13-28(2)23-25-16-12-17(31-3)21(32-4)20(29)19(16)22(30)26-23/h5-7,10,12,29H,8-9,11,13H2,1-4H3,(H,25,26,30). The summed E-state index contributed by atoms with van der Waals surface area (Å²) in [4.78, 5) is 28.6. The van der Waals surface area contributed by atoms with Crippen LogP contribution in [0.2, 0.25) is 0 Å². The number of anilines is 1. The first kappa shape index (κ1) is 21.5. The van der Waals surface area contributed by atoms with Crippen LogP contribution < -0.4 is 19.9 Å². The SMILES string of the molecule is COc1cc2[nH]c(N(C)Cc3cccc(CC4=NCCN4C)c3)nc(=O)c2c(O)c1OC. The van der Waals surface area contributed by atoms with Crippen LogP contribution in [0.5, 0.6) is 17.2 Å². The van der Waals surface area contributed by atoms with Gasteiger partial charge in [-0.25, -0.2) is 0 Å². The topological polar surface area (TPSA) is 103 Å². The Morgan fingerprint density at radius 2 is 2.00 bits per heavy atom. The van der Waals surface area contributed by atoms with E-state index in [1.54, 1.807) is 6.07 Å². The molecule has 2 heterocycles. The maximum absolute atomic E-state index is 12.7. The highest BCUT2D eigenvalue weighted by molar-refractivity contribution is 5.90. The van der Waals surface area contributed by atoms with Crippen LogP contribution in [0.25, 0.3) is 10.9 Å². The molecule has 0 bridgehead atoms. The van der Waals surface area contributed by atoms with Gasteiger partial charge >= 0.3 is 0 Å². The van der Waals surface area contributed by atoms with Crippen molar-refractivity contribution in [3.63, 3.8) is 0 Å². The maximum Gasteiger partial charge on any atom is 0.286 e. The molecule has 4 rings (SSSR count). The molecule has 0 saturated heterocycles. The van der Waals surface area contributed by atoms with Gasteiger partial charge in [0.15, 0.2) is 11.5 Å². The molecular formula is C23H27N5O4. The van der Waals surface area contributed by atoms with E-state index in [0.29, 0.717) is 23.8 Å². The number of phenols is 1. The minimum atomic E-state index is -0.546. The number of fused-ring (bicyclic) bond motifs is 1. The van der Waals surface area contributed by atoms with E-state index >= 15 is 0 Å². The number of aliphatic imine (C=N–C) groups is 1. The number of rotatable bonds is 7. The number of nitrogens with one attached hydrogen (secondary N) is 1. The van der Waals surface area contributed by atoms with Crippen LogP contribution in [0.4, 0.5) is 5.95 Å². The van der Waals surface area contributed by atoms with Crippen LogP contribution >= 0.6 is 0 Å². The summed E-state index contributed by atoms with van der Waals surface area (Å²) < 4.78 is 10.5. The van der Waals surface area contributed by atoms with Gasteiger partial charge in [-0.3, -0.25) is 9.79 Å². The molecule has 168 valence electrons. The van der Waals surface area contributed by atoms with E-state index in [4.69, 9.17) is 9.47 Å². The second kappa shape index (κ2) is 8.78. The molecule has 32 heavy (non-hydrogen) atoms. The molecule has 1 aliphatic heterocycles. The zero-order chi connectivity index (χ0) is 22.8. The van der Waals surface area contributed by atoms with E-state index in [0.717, 1.165) is 30.9 Å². The number of hydrogen-bond acceptors (Lipinski definition) is 8. The fourth-order valence-electron chi connectivity index (χ4n) is 3.91. The molecule has 0 saturated carbocycles. The lowest BCUT2D eigenvalue weighted by Gasteiger charge is -2.19. The molecule has 2 aromatic carbocycles. The van der Waals surface area contributed by atoms with Crippen LogP contribution in [0.1, 0.15) is 11.1 Å². The molecule has 0 amide bonds. The van der Waals surface area contributed by atoms with Crippen LogP contribution in [0, 0.1) is 0 Å². The van der Waals surface area contributed by atoms with Gasteiger partial charge in [-0.05, 0) is 11.1 Å². The van der Waals surface area contributed by atoms with Crippen molar-refractivity contribution in [1.29, 1.82) is 0 Å². The molecule has 9 nitrogen and oxygen atoms in total. The van der Waals surface area contributed by atoms with Gasteiger partial charge in [0.1, 0.15) is 11.2 Å². The molecule has 1 aromatic heterocycles. The highest BCUT2D eigenvalue weighted by atomic mass is 16.5. The number of ether oxygens (including phenoxy) is 2. The Morgan fingerprint density at radius 3 is 2.69 bits per heavy atom. The zero-order valence-electron chi connectivity index (χ0n) is 18.7. The van der Waals surface area contributed by atoms with Crippen molar-refractivity contribution in [1.82, 2.24) is 14.9 Å². The predicted octanol–water partition coefficient (Wildman–Crippen LogP) is 2.17. The highest BCUT2D eigenvalue weighted by Gasteiger charge is 2.19. The van der Waals surface area contributed by atoms with Gasteiger partial charge in [-0.1, -0.05) is 24.3 Å². The van der Waals surface area contributed by atoms with Crippen molar-refractivity contribution in [2.75, 3.05) is 46.3 Å². The van der Waals surface area contributed by atoms with E-state index in [1.807, 2.05) is 24.1 Å². The Labute approximate surface area is 185 Å². The summed E-state index contributed by atoms with van der Waals surface area (Å²) in [7, 11) is 6.79. The smallest absolute Gasteiger partial charge is 0.286 e. The van der Waals surface area contributed by atoms with Crippen LogP contribution in [-0.4, -0.2) is 67.2 Å². The predicted molar refractivity (Wildman–Crippen MR) is 124 cm³/mol. The third-order valence-electron chi connectivity index (χ3n) is 5.62. The first-order valence-corrected chi connectivity index (χ1v) is 10.3. The summed E-state index contributed by atoms with van der Waals surface area (Å²) in [5.41, 5.74) is 2.14. The fraction of sp³-hybridized carbons (Fsp3) is 0.348. The van der Waals surface area contributed by atoms with Crippen LogP contribution in [-0.2, 0) is 13.0 Å².